The average Bonchev–Trinajstić information content (AvgIpc) is 2.98. The number of alkyl halides is 3. The van der Waals surface area contributed by atoms with Crippen molar-refractivity contribution < 1.29 is 35.2 Å². The zero-order valence-corrected chi connectivity index (χ0v) is 26.6. The molecule has 15 heteroatoms. The molecule has 0 spiro atoms. The maximum absolute atomic E-state index is 16.0. The highest BCUT2D eigenvalue weighted by Crippen LogP contribution is 2.40. The average molecular weight is 676 g/mol. The second kappa shape index (κ2) is 12.2. The number of carbonyl (C=O) groups is 1. The molecule has 9 nitrogen and oxygen atoms in total. The maximum atomic E-state index is 16.0. The summed E-state index contributed by atoms with van der Waals surface area (Å²) in [5.41, 5.74) is -4.42. The number of sulfone groups is 1. The molecule has 1 fully saturated rings. The lowest BCUT2D eigenvalue weighted by molar-refractivity contribution is -0.137. The third-order valence-electron chi connectivity index (χ3n) is 8.00. The van der Waals surface area contributed by atoms with Gasteiger partial charge in [-0.15, -0.1) is 0 Å². The molecular weight excluding hydrogens is 645 g/mol. The molecule has 0 saturated carbocycles. The van der Waals surface area contributed by atoms with Crippen molar-refractivity contribution in [2.75, 3.05) is 30.8 Å². The summed E-state index contributed by atoms with van der Waals surface area (Å²) < 4.78 is 99.5. The molecule has 1 amide bonds. The molecule has 248 valence electrons. The number of para-hydroxylation sites is 1. The Hall–Kier alpha value is -4.66. The Morgan fingerprint density at radius 3 is 2.38 bits per heavy atom. The summed E-state index contributed by atoms with van der Waals surface area (Å²) in [6, 6.07) is 6.24. The van der Waals surface area contributed by atoms with E-state index in [4.69, 9.17) is 0 Å². The van der Waals surface area contributed by atoms with Crippen LogP contribution in [-0.2, 0) is 20.8 Å². The van der Waals surface area contributed by atoms with Crippen LogP contribution in [0, 0.1) is 11.6 Å². The third kappa shape index (κ3) is 6.23. The second-order valence-corrected chi connectivity index (χ2v) is 13.6. The lowest BCUT2D eigenvalue weighted by Crippen LogP contribution is -2.54. The van der Waals surface area contributed by atoms with Crippen LogP contribution < -0.4 is 10.6 Å². The summed E-state index contributed by atoms with van der Waals surface area (Å²) in [4.78, 5) is 37.7. The highest BCUT2D eigenvalue weighted by Gasteiger charge is 2.36. The van der Waals surface area contributed by atoms with Crippen molar-refractivity contribution in [3.63, 3.8) is 0 Å². The monoisotopic (exact) mass is 675 g/mol. The number of rotatable bonds is 6. The van der Waals surface area contributed by atoms with Crippen LogP contribution in [0.3, 0.4) is 0 Å². The number of piperazine rings is 1. The number of nitrogens with zero attached hydrogens (tertiary/aromatic N) is 5. The fraction of sp³-hybridized carbons (Fsp3) is 0.312. The minimum Gasteiger partial charge on any atom is -0.350 e. The van der Waals surface area contributed by atoms with Crippen LogP contribution >= 0.6 is 0 Å². The van der Waals surface area contributed by atoms with Gasteiger partial charge in [-0.25, -0.2) is 31.5 Å². The first-order valence-electron chi connectivity index (χ1n) is 14.5. The number of halogens is 5. The van der Waals surface area contributed by atoms with Crippen LogP contribution in [-0.4, -0.2) is 65.7 Å². The summed E-state index contributed by atoms with van der Waals surface area (Å²) in [6.45, 7) is 9.21. The molecule has 1 aliphatic rings. The summed E-state index contributed by atoms with van der Waals surface area (Å²) in [5, 5.41) is -0.121. The van der Waals surface area contributed by atoms with Gasteiger partial charge in [-0.2, -0.15) is 18.2 Å². The van der Waals surface area contributed by atoms with Crippen LogP contribution in [0.4, 0.5) is 27.8 Å². The van der Waals surface area contributed by atoms with Crippen molar-refractivity contribution in [1.82, 2.24) is 19.4 Å². The summed E-state index contributed by atoms with van der Waals surface area (Å²) in [6.07, 6.45) is -2.94. The smallest absolute Gasteiger partial charge is 0.350 e. The first-order valence-corrected chi connectivity index (χ1v) is 16.3. The number of benzene rings is 2. The fourth-order valence-electron chi connectivity index (χ4n) is 5.82. The van der Waals surface area contributed by atoms with Gasteiger partial charge in [0.2, 0.25) is 5.91 Å². The normalized spacial score (nSPS) is 15.8. The first kappa shape index (κ1) is 33.7. The van der Waals surface area contributed by atoms with E-state index >= 15 is 4.39 Å². The topological polar surface area (TPSA) is 105 Å². The predicted octanol–water partition coefficient (Wildman–Crippen LogP) is 5.49. The highest BCUT2D eigenvalue weighted by atomic mass is 32.2. The zero-order valence-electron chi connectivity index (χ0n) is 25.8. The second-order valence-electron chi connectivity index (χ2n) is 11.6. The molecule has 0 radical (unpaired) electrons. The molecule has 0 unspecified atom stereocenters. The van der Waals surface area contributed by atoms with Gasteiger partial charge in [-0.05, 0) is 54.8 Å². The van der Waals surface area contributed by atoms with Gasteiger partial charge in [0.05, 0.1) is 21.5 Å². The zero-order chi connectivity index (χ0) is 34.6. The van der Waals surface area contributed by atoms with E-state index in [2.05, 4.69) is 16.5 Å². The van der Waals surface area contributed by atoms with E-state index in [0.29, 0.717) is 23.8 Å². The first-order chi connectivity index (χ1) is 21.9. The number of amides is 1. The Bertz CT molecular complexity index is 2100. The van der Waals surface area contributed by atoms with Gasteiger partial charge >= 0.3 is 11.9 Å². The number of hydrogen-bond donors (Lipinski definition) is 0. The van der Waals surface area contributed by atoms with E-state index in [-0.39, 0.29) is 53.2 Å². The summed E-state index contributed by atoms with van der Waals surface area (Å²) in [5.74, 6) is -3.13. The SMILES string of the molecule is C=CC(=O)N1CCN(c2nc(=O)n(-c3c(C(C)C)cccc3S(C)(=O)=O)c3nc(-c4cc(F)ccc4C(F)(F)F)c(F)cc23)[C@@H](C)C1. The van der Waals surface area contributed by atoms with E-state index in [0.717, 1.165) is 23.0 Å². The molecular formula is C32H30F5N5O4S. The summed E-state index contributed by atoms with van der Waals surface area (Å²) in [7, 11) is -4.03. The van der Waals surface area contributed by atoms with E-state index < -0.39 is 61.8 Å². The molecule has 3 heterocycles. The number of pyridine rings is 1. The van der Waals surface area contributed by atoms with Crippen molar-refractivity contribution in [2.45, 2.75) is 43.8 Å². The Balaban J connectivity index is 1.92. The molecule has 1 aliphatic heterocycles. The van der Waals surface area contributed by atoms with Gasteiger partial charge in [0.1, 0.15) is 23.1 Å². The lowest BCUT2D eigenvalue weighted by Gasteiger charge is -2.40. The Morgan fingerprint density at radius 1 is 1.09 bits per heavy atom. The van der Waals surface area contributed by atoms with Crippen LogP contribution in [0.2, 0.25) is 0 Å². The van der Waals surface area contributed by atoms with E-state index in [1.165, 1.54) is 17.0 Å². The molecule has 1 saturated heterocycles. The standard InChI is InChI=1S/C32H30F5N5O4S/c1-6-26(43)40-12-13-41(18(4)16-40)29-22-15-24(34)27(21-14-19(33)10-11-23(21)32(35,36)37)38-30(22)42(31(44)39-29)28-20(17(2)3)8-7-9-25(28)47(5,45)46/h6-11,14-15,17-18H,1,12-13,16H2,2-5H3/t18-/m0/s1. The van der Waals surface area contributed by atoms with Crippen molar-refractivity contribution in [3.8, 4) is 16.9 Å². The highest BCUT2D eigenvalue weighted by molar-refractivity contribution is 7.90. The molecule has 47 heavy (non-hydrogen) atoms. The molecule has 2 aromatic heterocycles. The summed E-state index contributed by atoms with van der Waals surface area (Å²) >= 11 is 0. The minimum atomic E-state index is -5.03. The molecule has 4 aromatic rings. The maximum Gasteiger partial charge on any atom is 0.417 e. The van der Waals surface area contributed by atoms with Crippen molar-refractivity contribution in [2.24, 2.45) is 0 Å². The number of aromatic nitrogens is 3. The van der Waals surface area contributed by atoms with Gasteiger partial charge in [0.25, 0.3) is 0 Å². The van der Waals surface area contributed by atoms with Crippen molar-refractivity contribution in [3.05, 3.63) is 88.4 Å². The Morgan fingerprint density at radius 2 is 1.79 bits per heavy atom. The minimum absolute atomic E-state index is 0.0735. The van der Waals surface area contributed by atoms with Crippen LogP contribution in [0.5, 0.6) is 0 Å². The number of hydrogen-bond acceptors (Lipinski definition) is 7. The van der Waals surface area contributed by atoms with Gasteiger partial charge in [-0.3, -0.25) is 4.79 Å². The molecule has 1 atom stereocenters. The Labute approximate surface area is 266 Å². The van der Waals surface area contributed by atoms with Gasteiger partial charge < -0.3 is 9.80 Å². The van der Waals surface area contributed by atoms with Crippen LogP contribution in [0.1, 0.15) is 37.8 Å². The lowest BCUT2D eigenvalue weighted by atomic mass is 10.0. The molecule has 0 bridgehead atoms. The molecule has 5 rings (SSSR count). The Kier molecular flexibility index (Phi) is 8.73. The third-order valence-corrected chi connectivity index (χ3v) is 9.13. The molecule has 2 aromatic carbocycles. The fourth-order valence-corrected chi connectivity index (χ4v) is 6.71. The van der Waals surface area contributed by atoms with Gasteiger partial charge in [0, 0.05) is 37.5 Å². The van der Waals surface area contributed by atoms with Crippen LogP contribution in [0.15, 0.2) is 64.8 Å². The number of anilines is 1. The van der Waals surface area contributed by atoms with Gasteiger partial charge in [0.15, 0.2) is 15.5 Å². The van der Waals surface area contributed by atoms with E-state index in [1.807, 2.05) is 0 Å². The van der Waals surface area contributed by atoms with E-state index in [1.54, 1.807) is 31.7 Å². The predicted molar refractivity (Wildman–Crippen MR) is 166 cm³/mol. The van der Waals surface area contributed by atoms with Crippen molar-refractivity contribution in [1.29, 1.82) is 0 Å². The molecule has 0 N–H and O–H groups in total. The van der Waals surface area contributed by atoms with Crippen molar-refractivity contribution >= 4 is 32.6 Å². The molecule has 0 aliphatic carbocycles. The van der Waals surface area contributed by atoms with E-state index in [9.17, 15) is 35.6 Å². The van der Waals surface area contributed by atoms with Crippen LogP contribution in [0.25, 0.3) is 28.0 Å². The van der Waals surface area contributed by atoms with Gasteiger partial charge in [-0.1, -0.05) is 32.6 Å². The quantitative estimate of drug-likeness (QED) is 0.197. The number of fused-ring (bicyclic) bond motifs is 1. The number of carbonyl (C=O) groups excluding carboxylic acids is 1. The largest absolute Gasteiger partial charge is 0.417 e.